The minimum absolute atomic E-state index is 0.00855. The molecule has 0 aliphatic carbocycles. The lowest BCUT2D eigenvalue weighted by atomic mass is 10.2. The molecule has 0 radical (unpaired) electrons. The highest BCUT2D eigenvalue weighted by Gasteiger charge is 2.27. The van der Waals surface area contributed by atoms with E-state index in [1.54, 1.807) is 18.2 Å². The lowest BCUT2D eigenvalue weighted by Crippen LogP contribution is -2.39. The summed E-state index contributed by atoms with van der Waals surface area (Å²) >= 11 is 6.06. The van der Waals surface area contributed by atoms with Gasteiger partial charge >= 0.3 is 0 Å². The van der Waals surface area contributed by atoms with Crippen LogP contribution in [-0.2, 0) is 14.8 Å². The van der Waals surface area contributed by atoms with Gasteiger partial charge in [-0.1, -0.05) is 47.5 Å². The maximum atomic E-state index is 13.3. The molecule has 32 heavy (non-hydrogen) atoms. The maximum absolute atomic E-state index is 13.3. The summed E-state index contributed by atoms with van der Waals surface area (Å²) in [6, 6.07) is 19.7. The van der Waals surface area contributed by atoms with Crippen molar-refractivity contribution >= 4 is 39.4 Å². The number of carbonyl (C=O) groups excluding carboxylic acids is 1. The SMILES string of the molecule is COc1ccc(S(=O)(=O)N(CC(=O)N/N=C\c2ccc(C)cc2)c2cccc(Cl)c2)cc1. The molecular weight excluding hydrogens is 450 g/mol. The molecule has 0 aliphatic rings. The largest absolute Gasteiger partial charge is 0.497 e. The number of anilines is 1. The van der Waals surface area contributed by atoms with Gasteiger partial charge in [-0.25, -0.2) is 13.8 Å². The van der Waals surface area contributed by atoms with Crippen LogP contribution in [0.15, 0.2) is 82.8 Å². The summed E-state index contributed by atoms with van der Waals surface area (Å²) in [7, 11) is -2.58. The predicted molar refractivity (Wildman–Crippen MR) is 126 cm³/mol. The van der Waals surface area contributed by atoms with Crippen molar-refractivity contribution in [2.75, 3.05) is 18.0 Å². The second kappa shape index (κ2) is 10.3. The molecule has 0 atom stereocenters. The summed E-state index contributed by atoms with van der Waals surface area (Å²) in [5.74, 6) is -0.0909. The zero-order valence-corrected chi connectivity index (χ0v) is 19.1. The van der Waals surface area contributed by atoms with E-state index in [4.69, 9.17) is 16.3 Å². The molecule has 0 fully saturated rings. The highest BCUT2D eigenvalue weighted by Crippen LogP contribution is 2.27. The molecule has 0 spiro atoms. The van der Waals surface area contributed by atoms with Crippen LogP contribution in [0, 0.1) is 6.92 Å². The van der Waals surface area contributed by atoms with E-state index in [2.05, 4.69) is 10.5 Å². The standard InChI is InChI=1S/C23H22ClN3O4S/c1-17-6-8-18(9-7-17)15-25-26-23(28)16-27(20-5-3-4-19(24)14-20)32(29,30)22-12-10-21(31-2)11-13-22/h3-15H,16H2,1-2H3,(H,26,28)/b25-15-. The Morgan fingerprint density at radius 2 is 1.78 bits per heavy atom. The highest BCUT2D eigenvalue weighted by atomic mass is 35.5. The number of carbonyl (C=O) groups is 1. The molecule has 7 nitrogen and oxygen atoms in total. The highest BCUT2D eigenvalue weighted by molar-refractivity contribution is 7.92. The predicted octanol–water partition coefficient (Wildman–Crippen LogP) is 4.00. The first-order valence-electron chi connectivity index (χ1n) is 9.60. The van der Waals surface area contributed by atoms with E-state index in [-0.39, 0.29) is 10.6 Å². The Balaban J connectivity index is 1.84. The van der Waals surface area contributed by atoms with Crippen molar-refractivity contribution in [1.29, 1.82) is 0 Å². The second-order valence-electron chi connectivity index (χ2n) is 6.87. The molecular formula is C23H22ClN3O4S. The minimum Gasteiger partial charge on any atom is -0.497 e. The zero-order valence-electron chi connectivity index (χ0n) is 17.5. The summed E-state index contributed by atoms with van der Waals surface area (Å²) < 4.78 is 32.7. The molecule has 3 rings (SSSR count). The molecule has 166 valence electrons. The molecule has 1 N–H and O–H groups in total. The Kier molecular flexibility index (Phi) is 7.50. The van der Waals surface area contributed by atoms with E-state index in [0.29, 0.717) is 10.8 Å². The van der Waals surface area contributed by atoms with Gasteiger partial charge in [-0.3, -0.25) is 9.10 Å². The van der Waals surface area contributed by atoms with Gasteiger partial charge in [-0.05, 0) is 55.0 Å². The molecule has 0 unspecified atom stereocenters. The molecule has 0 heterocycles. The summed E-state index contributed by atoms with van der Waals surface area (Å²) in [4.78, 5) is 12.6. The number of nitrogens with one attached hydrogen (secondary N) is 1. The van der Waals surface area contributed by atoms with Crippen molar-refractivity contribution in [2.45, 2.75) is 11.8 Å². The first-order valence-corrected chi connectivity index (χ1v) is 11.4. The molecule has 1 amide bonds. The van der Waals surface area contributed by atoms with Crippen LogP contribution in [0.2, 0.25) is 5.02 Å². The monoisotopic (exact) mass is 471 g/mol. The number of hydrogen-bond acceptors (Lipinski definition) is 5. The van der Waals surface area contributed by atoms with Crippen molar-refractivity contribution in [3.05, 3.63) is 88.9 Å². The van der Waals surface area contributed by atoms with Crippen molar-refractivity contribution in [3.63, 3.8) is 0 Å². The number of hydrazone groups is 1. The number of amides is 1. The number of sulfonamides is 1. The minimum atomic E-state index is -4.07. The number of benzene rings is 3. The summed E-state index contributed by atoms with van der Waals surface area (Å²) in [5.41, 5.74) is 4.53. The Bertz CT molecular complexity index is 1210. The fourth-order valence-electron chi connectivity index (χ4n) is 2.82. The van der Waals surface area contributed by atoms with E-state index >= 15 is 0 Å². The topological polar surface area (TPSA) is 88.1 Å². The normalized spacial score (nSPS) is 11.3. The Hall–Kier alpha value is -3.36. The van der Waals surface area contributed by atoms with Crippen molar-refractivity contribution in [1.82, 2.24) is 5.43 Å². The third kappa shape index (κ3) is 5.87. The van der Waals surface area contributed by atoms with E-state index in [9.17, 15) is 13.2 Å². The average Bonchev–Trinajstić information content (AvgIpc) is 2.78. The van der Waals surface area contributed by atoms with Crippen LogP contribution in [0.25, 0.3) is 0 Å². The van der Waals surface area contributed by atoms with Crippen molar-refractivity contribution in [2.24, 2.45) is 5.10 Å². The van der Waals surface area contributed by atoms with E-state index in [1.165, 1.54) is 43.7 Å². The number of ether oxygens (including phenoxy) is 1. The first-order chi connectivity index (χ1) is 15.3. The lowest BCUT2D eigenvalue weighted by Gasteiger charge is -2.24. The molecule has 0 saturated carbocycles. The quantitative estimate of drug-likeness (QED) is 0.397. The van der Waals surface area contributed by atoms with Gasteiger partial charge in [0.15, 0.2) is 0 Å². The van der Waals surface area contributed by atoms with E-state index < -0.39 is 22.5 Å². The molecule has 0 saturated heterocycles. The number of nitrogens with zero attached hydrogens (tertiary/aromatic N) is 2. The Labute approximate surface area is 192 Å². The number of halogens is 1. The Morgan fingerprint density at radius 3 is 2.41 bits per heavy atom. The van der Waals surface area contributed by atoms with Gasteiger partial charge in [0.05, 0.1) is 23.9 Å². The molecule has 0 bridgehead atoms. The number of rotatable bonds is 8. The van der Waals surface area contributed by atoms with Crippen LogP contribution in [-0.4, -0.2) is 34.2 Å². The summed E-state index contributed by atoms with van der Waals surface area (Å²) in [6.07, 6.45) is 1.49. The van der Waals surface area contributed by atoms with Gasteiger partial charge < -0.3 is 4.74 Å². The third-order valence-corrected chi connectivity index (χ3v) is 6.53. The van der Waals surface area contributed by atoms with Gasteiger partial charge in [0.1, 0.15) is 12.3 Å². The summed E-state index contributed by atoms with van der Waals surface area (Å²) in [6.45, 7) is 1.48. The van der Waals surface area contributed by atoms with Crippen LogP contribution in [0.5, 0.6) is 5.75 Å². The third-order valence-electron chi connectivity index (χ3n) is 4.51. The number of methoxy groups -OCH3 is 1. The van der Waals surface area contributed by atoms with Crippen LogP contribution in [0.4, 0.5) is 5.69 Å². The Morgan fingerprint density at radius 1 is 1.09 bits per heavy atom. The van der Waals surface area contributed by atoms with Gasteiger partial charge in [-0.2, -0.15) is 5.10 Å². The van der Waals surface area contributed by atoms with E-state index in [1.807, 2.05) is 31.2 Å². The van der Waals surface area contributed by atoms with E-state index in [0.717, 1.165) is 15.4 Å². The second-order valence-corrected chi connectivity index (χ2v) is 9.17. The zero-order chi connectivity index (χ0) is 23.1. The van der Waals surface area contributed by atoms with Crippen LogP contribution < -0.4 is 14.5 Å². The fraction of sp³-hybridized carbons (Fsp3) is 0.130. The smallest absolute Gasteiger partial charge is 0.264 e. The summed E-state index contributed by atoms with van der Waals surface area (Å²) in [5, 5.41) is 4.27. The van der Waals surface area contributed by atoms with Crippen LogP contribution in [0.1, 0.15) is 11.1 Å². The fourth-order valence-corrected chi connectivity index (χ4v) is 4.42. The molecule has 0 aliphatic heterocycles. The lowest BCUT2D eigenvalue weighted by molar-refractivity contribution is -0.119. The maximum Gasteiger partial charge on any atom is 0.264 e. The van der Waals surface area contributed by atoms with Gasteiger partial charge in [-0.15, -0.1) is 0 Å². The molecule has 9 heteroatoms. The van der Waals surface area contributed by atoms with Gasteiger partial charge in [0.2, 0.25) is 0 Å². The molecule has 3 aromatic rings. The van der Waals surface area contributed by atoms with Crippen LogP contribution >= 0.6 is 11.6 Å². The van der Waals surface area contributed by atoms with Gasteiger partial charge in [0, 0.05) is 5.02 Å². The average molecular weight is 472 g/mol. The molecule has 3 aromatic carbocycles. The first kappa shape index (κ1) is 23.3. The van der Waals surface area contributed by atoms with Crippen LogP contribution in [0.3, 0.4) is 0 Å². The van der Waals surface area contributed by atoms with Crippen molar-refractivity contribution < 1.29 is 17.9 Å². The van der Waals surface area contributed by atoms with Crippen molar-refractivity contribution in [3.8, 4) is 5.75 Å². The van der Waals surface area contributed by atoms with Gasteiger partial charge in [0.25, 0.3) is 15.9 Å². The molecule has 0 aromatic heterocycles. The number of aryl methyl sites for hydroxylation is 1. The number of hydrogen-bond donors (Lipinski definition) is 1.